The van der Waals surface area contributed by atoms with Crippen molar-refractivity contribution in [2.24, 2.45) is 0 Å². The Bertz CT molecular complexity index is 480. The second-order valence-corrected chi connectivity index (χ2v) is 2.40. The van der Waals surface area contributed by atoms with Crippen LogP contribution in [0.4, 0.5) is 4.39 Å². The summed E-state index contributed by atoms with van der Waals surface area (Å²) in [4.78, 5) is 10.5. The van der Waals surface area contributed by atoms with Crippen LogP contribution < -0.4 is 0 Å². The van der Waals surface area contributed by atoms with Gasteiger partial charge in [0.2, 0.25) is 5.82 Å². The highest BCUT2D eigenvalue weighted by molar-refractivity contribution is 5.84. The zero-order valence-corrected chi connectivity index (χ0v) is 6.31. The molecule has 0 saturated heterocycles. The van der Waals surface area contributed by atoms with E-state index in [4.69, 9.17) is 5.11 Å². The number of pyridine rings is 1. The van der Waals surface area contributed by atoms with Crippen molar-refractivity contribution in [1.29, 1.82) is 0 Å². The number of carboxylic acids is 1. The van der Waals surface area contributed by atoms with Gasteiger partial charge in [-0.25, -0.2) is 9.18 Å². The third-order valence-corrected chi connectivity index (χ3v) is 1.56. The van der Waals surface area contributed by atoms with Crippen molar-refractivity contribution in [2.45, 2.75) is 0 Å². The van der Waals surface area contributed by atoms with Crippen molar-refractivity contribution in [2.75, 3.05) is 0 Å². The summed E-state index contributed by atoms with van der Waals surface area (Å²) in [6, 6.07) is 2.55. The molecule has 0 atom stereocenters. The molecule has 0 aliphatic heterocycles. The number of aromatic carboxylic acids is 1. The van der Waals surface area contributed by atoms with E-state index in [0.29, 0.717) is 5.65 Å². The van der Waals surface area contributed by atoms with Crippen molar-refractivity contribution < 1.29 is 14.3 Å². The van der Waals surface area contributed by atoms with Gasteiger partial charge >= 0.3 is 5.97 Å². The molecule has 0 aliphatic carbocycles. The summed E-state index contributed by atoms with van der Waals surface area (Å²) in [6.07, 6.45) is 1.03. The number of rotatable bonds is 1. The van der Waals surface area contributed by atoms with E-state index in [9.17, 15) is 9.18 Å². The summed E-state index contributed by atoms with van der Waals surface area (Å²) in [5.74, 6) is -2.07. The largest absolute Gasteiger partial charge is 0.475 e. The molecule has 0 aromatic carbocycles. The van der Waals surface area contributed by atoms with Crippen LogP contribution in [0.3, 0.4) is 0 Å². The molecule has 2 aromatic heterocycles. The zero-order valence-electron chi connectivity index (χ0n) is 6.31. The number of nitrogens with zero attached hydrogens (tertiary/aromatic N) is 3. The van der Waals surface area contributed by atoms with Crippen LogP contribution in [-0.2, 0) is 0 Å². The Kier molecular flexibility index (Phi) is 1.48. The molecule has 66 valence electrons. The van der Waals surface area contributed by atoms with E-state index in [1.807, 2.05) is 0 Å². The van der Waals surface area contributed by atoms with Crippen LogP contribution in [-0.4, -0.2) is 25.7 Å². The van der Waals surface area contributed by atoms with Gasteiger partial charge in [-0.3, -0.25) is 4.40 Å². The summed E-state index contributed by atoms with van der Waals surface area (Å²) in [5.41, 5.74) is 0.304. The Balaban J connectivity index is 2.79. The molecular weight excluding hydrogens is 177 g/mol. The number of aromatic nitrogens is 3. The van der Waals surface area contributed by atoms with Crippen LogP contribution in [0.5, 0.6) is 0 Å². The number of fused-ring (bicyclic) bond motifs is 1. The van der Waals surface area contributed by atoms with Gasteiger partial charge in [0.1, 0.15) is 5.82 Å². The van der Waals surface area contributed by atoms with Crippen LogP contribution in [0.1, 0.15) is 10.6 Å². The number of hydrogen-bond acceptors (Lipinski definition) is 3. The maximum absolute atomic E-state index is 12.7. The molecule has 2 rings (SSSR count). The average Bonchev–Trinajstić information content (AvgIpc) is 2.46. The van der Waals surface area contributed by atoms with Crippen molar-refractivity contribution in [3.05, 3.63) is 30.0 Å². The summed E-state index contributed by atoms with van der Waals surface area (Å²) >= 11 is 0. The molecule has 0 amide bonds. The smallest absolute Gasteiger partial charge is 0.374 e. The fourth-order valence-corrected chi connectivity index (χ4v) is 1.01. The van der Waals surface area contributed by atoms with Gasteiger partial charge in [-0.15, -0.1) is 10.2 Å². The maximum atomic E-state index is 12.7. The van der Waals surface area contributed by atoms with Gasteiger partial charge in [-0.2, -0.15) is 0 Å². The Morgan fingerprint density at radius 3 is 2.92 bits per heavy atom. The third kappa shape index (κ3) is 1.12. The van der Waals surface area contributed by atoms with Gasteiger partial charge in [0.05, 0.1) is 0 Å². The van der Waals surface area contributed by atoms with Gasteiger partial charge in [0.15, 0.2) is 5.65 Å². The molecule has 6 heteroatoms. The van der Waals surface area contributed by atoms with Crippen LogP contribution in [0.15, 0.2) is 18.3 Å². The average molecular weight is 181 g/mol. The SMILES string of the molecule is O=C(O)c1nnc2ccc(F)cn12. The number of halogens is 1. The normalized spacial score (nSPS) is 10.5. The summed E-state index contributed by atoms with van der Waals surface area (Å²) in [6.45, 7) is 0. The van der Waals surface area contributed by atoms with Gasteiger partial charge in [0.25, 0.3) is 0 Å². The van der Waals surface area contributed by atoms with E-state index in [2.05, 4.69) is 10.2 Å². The first-order chi connectivity index (χ1) is 6.18. The van der Waals surface area contributed by atoms with E-state index in [1.165, 1.54) is 12.1 Å². The number of carbonyl (C=O) groups is 1. The Hall–Kier alpha value is -1.98. The predicted octanol–water partition coefficient (Wildman–Crippen LogP) is 0.567. The lowest BCUT2D eigenvalue weighted by Gasteiger charge is -1.93. The molecule has 2 heterocycles. The standard InChI is InChI=1S/C7H4FN3O2/c8-4-1-2-5-9-10-6(7(12)13)11(5)3-4/h1-3H,(H,12,13). The first-order valence-electron chi connectivity index (χ1n) is 3.42. The van der Waals surface area contributed by atoms with Crippen molar-refractivity contribution >= 4 is 11.6 Å². The second kappa shape index (κ2) is 2.51. The minimum atomic E-state index is -1.24. The topological polar surface area (TPSA) is 67.5 Å². The monoisotopic (exact) mass is 181 g/mol. The molecule has 5 nitrogen and oxygen atoms in total. The van der Waals surface area contributed by atoms with Gasteiger partial charge in [0, 0.05) is 6.20 Å². The molecule has 0 saturated carbocycles. The maximum Gasteiger partial charge on any atom is 0.374 e. The van der Waals surface area contributed by atoms with Crippen LogP contribution in [0, 0.1) is 5.82 Å². The minimum absolute atomic E-state index is 0.297. The third-order valence-electron chi connectivity index (χ3n) is 1.56. The quantitative estimate of drug-likeness (QED) is 0.698. The van der Waals surface area contributed by atoms with Crippen molar-refractivity contribution in [1.82, 2.24) is 14.6 Å². The molecule has 0 aliphatic rings. The molecule has 1 N–H and O–H groups in total. The molecule has 0 radical (unpaired) electrons. The highest BCUT2D eigenvalue weighted by Crippen LogP contribution is 2.05. The van der Waals surface area contributed by atoms with E-state index in [0.717, 1.165) is 10.6 Å². The van der Waals surface area contributed by atoms with Crippen LogP contribution >= 0.6 is 0 Å². The second-order valence-electron chi connectivity index (χ2n) is 2.40. The summed E-state index contributed by atoms with van der Waals surface area (Å²) < 4.78 is 13.8. The fourth-order valence-electron chi connectivity index (χ4n) is 1.01. The predicted molar refractivity (Wildman–Crippen MR) is 39.9 cm³/mol. The fraction of sp³-hybridized carbons (Fsp3) is 0. The van der Waals surface area contributed by atoms with E-state index in [-0.39, 0.29) is 5.82 Å². The molecule has 0 bridgehead atoms. The lowest BCUT2D eigenvalue weighted by Crippen LogP contribution is -2.03. The molecule has 2 aromatic rings. The Labute approximate surface area is 71.4 Å². The van der Waals surface area contributed by atoms with Gasteiger partial charge < -0.3 is 5.11 Å². The van der Waals surface area contributed by atoms with Crippen molar-refractivity contribution in [3.8, 4) is 0 Å². The lowest BCUT2D eigenvalue weighted by atomic mass is 10.4. The first-order valence-corrected chi connectivity index (χ1v) is 3.42. The summed E-state index contributed by atoms with van der Waals surface area (Å²) in [7, 11) is 0. The lowest BCUT2D eigenvalue weighted by molar-refractivity contribution is 0.0682. The van der Waals surface area contributed by atoms with E-state index >= 15 is 0 Å². The Morgan fingerprint density at radius 2 is 2.23 bits per heavy atom. The molecular formula is C7H4FN3O2. The van der Waals surface area contributed by atoms with E-state index in [1.54, 1.807) is 0 Å². The van der Waals surface area contributed by atoms with Gasteiger partial charge in [-0.1, -0.05) is 0 Å². The number of carboxylic acid groups (broad SMARTS) is 1. The molecule has 0 spiro atoms. The highest BCUT2D eigenvalue weighted by atomic mass is 19.1. The van der Waals surface area contributed by atoms with Gasteiger partial charge in [-0.05, 0) is 12.1 Å². The van der Waals surface area contributed by atoms with E-state index < -0.39 is 11.8 Å². The summed E-state index contributed by atoms with van der Waals surface area (Å²) in [5, 5.41) is 15.5. The van der Waals surface area contributed by atoms with Crippen LogP contribution in [0.25, 0.3) is 5.65 Å². The molecule has 0 fully saturated rings. The molecule has 13 heavy (non-hydrogen) atoms. The highest BCUT2D eigenvalue weighted by Gasteiger charge is 2.12. The number of hydrogen-bond donors (Lipinski definition) is 1. The van der Waals surface area contributed by atoms with Crippen molar-refractivity contribution in [3.63, 3.8) is 0 Å². The Morgan fingerprint density at radius 1 is 1.46 bits per heavy atom. The first kappa shape index (κ1) is 7.66. The molecule has 0 unspecified atom stereocenters. The zero-order chi connectivity index (χ0) is 9.42. The van der Waals surface area contributed by atoms with Crippen LogP contribution in [0.2, 0.25) is 0 Å². The minimum Gasteiger partial charge on any atom is -0.475 e.